The van der Waals surface area contributed by atoms with Crippen molar-refractivity contribution in [2.45, 2.75) is 77.9 Å². The molecule has 0 saturated carbocycles. The predicted octanol–water partition coefficient (Wildman–Crippen LogP) is 3.26. The lowest BCUT2D eigenvalue weighted by Gasteiger charge is -2.34. The summed E-state index contributed by atoms with van der Waals surface area (Å²) in [6.07, 6.45) is 0.776. The lowest BCUT2D eigenvalue weighted by atomic mass is 9.84. The second kappa shape index (κ2) is 13.0. The van der Waals surface area contributed by atoms with E-state index in [-0.39, 0.29) is 41.3 Å². The van der Waals surface area contributed by atoms with Crippen molar-refractivity contribution >= 4 is 11.8 Å². The Hall–Kier alpha value is -2.97. The summed E-state index contributed by atoms with van der Waals surface area (Å²) in [5, 5.41) is 13.6. The van der Waals surface area contributed by atoms with Gasteiger partial charge in [0.2, 0.25) is 11.8 Å². The number of rotatable bonds is 12. The van der Waals surface area contributed by atoms with Gasteiger partial charge in [-0.2, -0.15) is 0 Å². The van der Waals surface area contributed by atoms with Crippen molar-refractivity contribution in [2.24, 2.45) is 17.4 Å². The molecule has 6 N–H and O–H groups in total. The fraction of sp³-hybridized carbons (Fsp3) is 0.517. The fourth-order valence-electron chi connectivity index (χ4n) is 4.49. The average molecular weight is 515 g/mol. The number of hydrogen-bond donors (Lipinski definition) is 4. The number of phenols is 1. The minimum absolute atomic E-state index is 0.0609. The zero-order valence-corrected chi connectivity index (χ0v) is 22.9. The highest BCUT2D eigenvalue weighted by molar-refractivity contribution is 5.89. The summed E-state index contributed by atoms with van der Waals surface area (Å²) in [5.74, 6) is -0.974. The van der Waals surface area contributed by atoms with Gasteiger partial charge in [0.05, 0.1) is 6.04 Å². The van der Waals surface area contributed by atoms with Gasteiger partial charge in [0.25, 0.3) is 0 Å². The SMILES string of the molecule is CCN(C(=O)C(NCC(N)Cc1ccc(F)cc1)C(C)C)C(Cc1ccc(O)c(C(C)(C)C)c1)C(N)=O. The number of nitrogens with zero attached hydrogens (tertiary/aromatic N) is 1. The molecular weight excluding hydrogens is 471 g/mol. The quantitative estimate of drug-likeness (QED) is 0.346. The molecule has 0 aliphatic carbocycles. The van der Waals surface area contributed by atoms with Crippen LogP contribution in [0.25, 0.3) is 0 Å². The van der Waals surface area contributed by atoms with E-state index in [2.05, 4.69) is 5.32 Å². The number of nitrogens with two attached hydrogens (primary N) is 2. The standard InChI is InChI=1S/C29H43FN4O3/c1-7-34(24(27(32)36)16-20-10-13-25(35)23(15-20)29(4,5)6)28(37)26(18(2)3)33-17-22(31)14-19-8-11-21(30)12-9-19/h8-13,15,18,22,24,26,33,35H,7,14,16-17,31H2,1-6H3,(H2,32,36). The molecule has 0 saturated heterocycles. The zero-order valence-electron chi connectivity index (χ0n) is 22.9. The molecule has 204 valence electrons. The number of amides is 2. The van der Waals surface area contributed by atoms with Crippen LogP contribution in [-0.4, -0.2) is 53.0 Å². The fourth-order valence-corrected chi connectivity index (χ4v) is 4.49. The lowest BCUT2D eigenvalue weighted by molar-refractivity contribution is -0.141. The van der Waals surface area contributed by atoms with Gasteiger partial charge in [-0.25, -0.2) is 4.39 Å². The molecule has 0 fully saturated rings. The van der Waals surface area contributed by atoms with Crippen molar-refractivity contribution in [3.8, 4) is 5.75 Å². The van der Waals surface area contributed by atoms with Gasteiger partial charge in [0.15, 0.2) is 0 Å². The number of primary amides is 1. The molecule has 2 rings (SSSR count). The molecule has 0 heterocycles. The smallest absolute Gasteiger partial charge is 0.240 e. The van der Waals surface area contributed by atoms with Crippen molar-refractivity contribution in [1.29, 1.82) is 0 Å². The Balaban J connectivity index is 2.18. The number of carbonyl (C=O) groups is 2. The van der Waals surface area contributed by atoms with Gasteiger partial charge in [-0.3, -0.25) is 9.59 Å². The lowest BCUT2D eigenvalue weighted by Crippen LogP contribution is -2.57. The van der Waals surface area contributed by atoms with Gasteiger partial charge in [-0.05, 0) is 59.6 Å². The van der Waals surface area contributed by atoms with Gasteiger partial charge in [0, 0.05) is 25.6 Å². The first kappa shape index (κ1) is 30.3. The van der Waals surface area contributed by atoms with Crippen LogP contribution in [0.2, 0.25) is 0 Å². The maximum absolute atomic E-state index is 13.7. The Morgan fingerprint density at radius 3 is 2.16 bits per heavy atom. The van der Waals surface area contributed by atoms with Gasteiger partial charge in [-0.1, -0.05) is 58.9 Å². The van der Waals surface area contributed by atoms with E-state index in [0.29, 0.717) is 19.5 Å². The molecule has 0 radical (unpaired) electrons. The number of hydrogen-bond acceptors (Lipinski definition) is 5. The third-order valence-corrected chi connectivity index (χ3v) is 6.57. The third-order valence-electron chi connectivity index (χ3n) is 6.57. The van der Waals surface area contributed by atoms with E-state index in [9.17, 15) is 19.1 Å². The van der Waals surface area contributed by atoms with Crippen LogP contribution < -0.4 is 16.8 Å². The van der Waals surface area contributed by atoms with Crippen LogP contribution in [0.15, 0.2) is 42.5 Å². The number of benzene rings is 2. The molecule has 0 aromatic heterocycles. The molecular formula is C29H43FN4O3. The van der Waals surface area contributed by atoms with Gasteiger partial charge in [-0.15, -0.1) is 0 Å². The van der Waals surface area contributed by atoms with E-state index >= 15 is 0 Å². The average Bonchev–Trinajstić information content (AvgIpc) is 2.80. The second-order valence-corrected chi connectivity index (χ2v) is 11.1. The highest BCUT2D eigenvalue weighted by Gasteiger charge is 2.33. The summed E-state index contributed by atoms with van der Waals surface area (Å²) in [5.41, 5.74) is 14.3. The van der Waals surface area contributed by atoms with Crippen LogP contribution in [0.4, 0.5) is 4.39 Å². The van der Waals surface area contributed by atoms with E-state index in [1.807, 2.05) is 47.6 Å². The van der Waals surface area contributed by atoms with Crippen LogP contribution in [0.1, 0.15) is 58.2 Å². The molecule has 0 aliphatic heterocycles. The molecule has 0 bridgehead atoms. The van der Waals surface area contributed by atoms with Crippen molar-refractivity contribution in [3.05, 3.63) is 65.0 Å². The van der Waals surface area contributed by atoms with E-state index < -0.39 is 18.0 Å². The summed E-state index contributed by atoms with van der Waals surface area (Å²) < 4.78 is 13.2. The van der Waals surface area contributed by atoms with Gasteiger partial charge < -0.3 is 26.8 Å². The monoisotopic (exact) mass is 514 g/mol. The number of aromatic hydroxyl groups is 1. The maximum Gasteiger partial charge on any atom is 0.240 e. The Labute approximate surface area is 220 Å². The topological polar surface area (TPSA) is 122 Å². The van der Waals surface area contributed by atoms with E-state index in [0.717, 1.165) is 16.7 Å². The molecule has 37 heavy (non-hydrogen) atoms. The Bertz CT molecular complexity index is 1050. The van der Waals surface area contributed by atoms with Crippen molar-refractivity contribution in [2.75, 3.05) is 13.1 Å². The Kier molecular flexibility index (Phi) is 10.6. The third kappa shape index (κ3) is 8.54. The Morgan fingerprint density at radius 1 is 1.05 bits per heavy atom. The van der Waals surface area contributed by atoms with Crippen molar-refractivity contribution in [1.82, 2.24) is 10.2 Å². The minimum atomic E-state index is -0.842. The normalized spacial score (nSPS) is 14.3. The van der Waals surface area contributed by atoms with Crippen molar-refractivity contribution in [3.63, 3.8) is 0 Å². The van der Waals surface area contributed by atoms with E-state index in [1.165, 1.54) is 17.0 Å². The zero-order chi connectivity index (χ0) is 27.9. The molecule has 3 unspecified atom stereocenters. The molecule has 3 atom stereocenters. The number of nitrogens with one attached hydrogen (secondary N) is 1. The van der Waals surface area contributed by atoms with E-state index in [1.54, 1.807) is 24.3 Å². The largest absolute Gasteiger partial charge is 0.508 e. The molecule has 7 nitrogen and oxygen atoms in total. The van der Waals surface area contributed by atoms with Crippen LogP contribution >= 0.6 is 0 Å². The van der Waals surface area contributed by atoms with E-state index in [4.69, 9.17) is 11.5 Å². The highest BCUT2D eigenvalue weighted by Crippen LogP contribution is 2.31. The van der Waals surface area contributed by atoms with Crippen LogP contribution in [0, 0.1) is 11.7 Å². The summed E-state index contributed by atoms with van der Waals surface area (Å²) in [4.78, 5) is 27.8. The number of halogens is 1. The van der Waals surface area contributed by atoms with Gasteiger partial charge >= 0.3 is 0 Å². The molecule has 2 aromatic carbocycles. The molecule has 0 spiro atoms. The molecule has 2 amide bonds. The summed E-state index contributed by atoms with van der Waals surface area (Å²) in [6, 6.07) is 9.76. The van der Waals surface area contributed by atoms with Crippen LogP contribution in [0.5, 0.6) is 5.75 Å². The maximum atomic E-state index is 13.7. The number of likely N-dealkylation sites (N-methyl/N-ethyl adjacent to an activating group) is 1. The summed E-state index contributed by atoms with van der Waals surface area (Å²) in [6.45, 7) is 12.4. The number of phenolic OH excluding ortho intramolecular Hbond substituents is 1. The van der Waals surface area contributed by atoms with Crippen molar-refractivity contribution < 1.29 is 19.1 Å². The van der Waals surface area contributed by atoms with Crippen LogP contribution in [0.3, 0.4) is 0 Å². The minimum Gasteiger partial charge on any atom is -0.508 e. The van der Waals surface area contributed by atoms with Gasteiger partial charge in [0.1, 0.15) is 17.6 Å². The molecule has 2 aromatic rings. The number of carbonyl (C=O) groups excluding carboxylic acids is 2. The van der Waals surface area contributed by atoms with Crippen LogP contribution in [-0.2, 0) is 27.8 Å². The predicted molar refractivity (Wildman–Crippen MR) is 146 cm³/mol. The molecule has 0 aliphatic rings. The first-order valence-electron chi connectivity index (χ1n) is 12.9. The molecule has 8 heteroatoms. The highest BCUT2D eigenvalue weighted by atomic mass is 19.1. The summed E-state index contributed by atoms with van der Waals surface area (Å²) >= 11 is 0. The summed E-state index contributed by atoms with van der Waals surface area (Å²) in [7, 11) is 0. The second-order valence-electron chi connectivity index (χ2n) is 11.1. The first-order chi connectivity index (χ1) is 17.2. The first-order valence-corrected chi connectivity index (χ1v) is 12.9. The Morgan fingerprint density at radius 2 is 1.65 bits per heavy atom.